The van der Waals surface area contributed by atoms with Crippen LogP contribution in [0, 0.1) is 0 Å². The van der Waals surface area contributed by atoms with Gasteiger partial charge in [-0.1, -0.05) is 37.3 Å². The summed E-state index contributed by atoms with van der Waals surface area (Å²) in [6.45, 7) is 5.50. The summed E-state index contributed by atoms with van der Waals surface area (Å²) < 4.78 is 0. The highest BCUT2D eigenvalue weighted by atomic mass is 15.2. The monoisotopic (exact) mass is 218 g/mol. The van der Waals surface area contributed by atoms with Crippen molar-refractivity contribution < 1.29 is 0 Å². The van der Waals surface area contributed by atoms with Gasteiger partial charge in [-0.3, -0.25) is 4.90 Å². The Hall–Kier alpha value is -0.860. The van der Waals surface area contributed by atoms with Crippen LogP contribution < -0.4 is 5.73 Å². The van der Waals surface area contributed by atoms with E-state index < -0.39 is 0 Å². The Morgan fingerprint density at radius 3 is 2.38 bits per heavy atom. The van der Waals surface area contributed by atoms with Gasteiger partial charge >= 0.3 is 0 Å². The number of hydrogen-bond donors (Lipinski definition) is 1. The van der Waals surface area contributed by atoms with E-state index in [0.717, 1.165) is 6.54 Å². The standard InChI is InChI=1S/C14H22N2/c1-12(13-7-3-2-4-8-13)14(11-15)16-9-5-6-10-16/h2-4,7-8,12,14H,5-6,9-11,15H2,1H3. The van der Waals surface area contributed by atoms with E-state index in [4.69, 9.17) is 5.73 Å². The van der Waals surface area contributed by atoms with E-state index in [1.54, 1.807) is 0 Å². The van der Waals surface area contributed by atoms with Crippen LogP contribution >= 0.6 is 0 Å². The van der Waals surface area contributed by atoms with Crippen LogP contribution in [0.3, 0.4) is 0 Å². The minimum Gasteiger partial charge on any atom is -0.329 e. The van der Waals surface area contributed by atoms with Gasteiger partial charge in [-0.2, -0.15) is 0 Å². The van der Waals surface area contributed by atoms with Crippen molar-refractivity contribution in [3.8, 4) is 0 Å². The lowest BCUT2D eigenvalue weighted by atomic mass is 9.92. The smallest absolute Gasteiger partial charge is 0.0284 e. The average Bonchev–Trinajstić information content (AvgIpc) is 2.85. The van der Waals surface area contributed by atoms with E-state index in [1.807, 2.05) is 0 Å². The number of likely N-dealkylation sites (tertiary alicyclic amines) is 1. The molecule has 2 heteroatoms. The highest BCUT2D eigenvalue weighted by Crippen LogP contribution is 2.25. The molecule has 0 aliphatic carbocycles. The fourth-order valence-corrected chi connectivity index (χ4v) is 2.72. The van der Waals surface area contributed by atoms with E-state index in [0.29, 0.717) is 12.0 Å². The molecule has 2 atom stereocenters. The Morgan fingerprint density at radius 2 is 1.81 bits per heavy atom. The van der Waals surface area contributed by atoms with Crippen LogP contribution in [-0.4, -0.2) is 30.6 Å². The van der Waals surface area contributed by atoms with Crippen LogP contribution in [-0.2, 0) is 0 Å². The lowest BCUT2D eigenvalue weighted by molar-refractivity contribution is 0.221. The summed E-state index contributed by atoms with van der Waals surface area (Å²) in [7, 11) is 0. The van der Waals surface area contributed by atoms with Crippen LogP contribution in [0.4, 0.5) is 0 Å². The molecule has 2 unspecified atom stereocenters. The molecule has 0 spiro atoms. The van der Waals surface area contributed by atoms with Crippen molar-refractivity contribution in [3.63, 3.8) is 0 Å². The summed E-state index contributed by atoms with van der Waals surface area (Å²) in [5.74, 6) is 0.532. The van der Waals surface area contributed by atoms with Gasteiger partial charge < -0.3 is 5.73 Å². The third-order valence-electron chi connectivity index (χ3n) is 3.75. The maximum absolute atomic E-state index is 5.95. The molecule has 88 valence electrons. The van der Waals surface area contributed by atoms with Gasteiger partial charge in [0.1, 0.15) is 0 Å². The highest BCUT2D eigenvalue weighted by Gasteiger charge is 2.26. The lowest BCUT2D eigenvalue weighted by Crippen LogP contribution is -2.42. The maximum atomic E-state index is 5.95. The molecule has 1 aromatic carbocycles. The van der Waals surface area contributed by atoms with Crippen molar-refractivity contribution >= 4 is 0 Å². The summed E-state index contributed by atoms with van der Waals surface area (Å²) in [6.07, 6.45) is 2.66. The van der Waals surface area contributed by atoms with Crippen molar-refractivity contribution in [3.05, 3.63) is 35.9 Å². The molecule has 0 saturated carbocycles. The first kappa shape index (κ1) is 11.6. The number of nitrogens with zero attached hydrogens (tertiary/aromatic N) is 1. The molecule has 0 amide bonds. The molecule has 2 nitrogen and oxygen atoms in total. The van der Waals surface area contributed by atoms with Crippen molar-refractivity contribution in [2.45, 2.75) is 31.7 Å². The van der Waals surface area contributed by atoms with E-state index >= 15 is 0 Å². The SMILES string of the molecule is CC(c1ccccc1)C(CN)N1CCCC1. The summed E-state index contributed by atoms with van der Waals surface area (Å²) >= 11 is 0. The molecular formula is C14H22N2. The minimum atomic E-state index is 0.505. The Morgan fingerprint density at radius 1 is 1.19 bits per heavy atom. The van der Waals surface area contributed by atoms with E-state index in [-0.39, 0.29) is 0 Å². The van der Waals surface area contributed by atoms with Gasteiger partial charge in [0.2, 0.25) is 0 Å². The zero-order valence-corrected chi connectivity index (χ0v) is 10.1. The van der Waals surface area contributed by atoms with Gasteiger partial charge in [0.05, 0.1) is 0 Å². The molecule has 0 bridgehead atoms. The Balaban J connectivity index is 2.08. The zero-order chi connectivity index (χ0) is 11.4. The predicted octanol–water partition coefficient (Wildman–Crippen LogP) is 2.21. The molecular weight excluding hydrogens is 196 g/mol. The molecule has 1 fully saturated rings. The molecule has 1 aliphatic heterocycles. The number of benzene rings is 1. The molecule has 16 heavy (non-hydrogen) atoms. The van der Waals surface area contributed by atoms with E-state index in [9.17, 15) is 0 Å². The largest absolute Gasteiger partial charge is 0.329 e. The van der Waals surface area contributed by atoms with Crippen LogP contribution in [0.25, 0.3) is 0 Å². The van der Waals surface area contributed by atoms with Gasteiger partial charge in [-0.25, -0.2) is 0 Å². The molecule has 2 rings (SSSR count). The van der Waals surface area contributed by atoms with Gasteiger partial charge in [0.15, 0.2) is 0 Å². The molecule has 1 heterocycles. The molecule has 0 radical (unpaired) electrons. The molecule has 2 N–H and O–H groups in total. The predicted molar refractivity (Wildman–Crippen MR) is 68.5 cm³/mol. The topological polar surface area (TPSA) is 29.3 Å². The second kappa shape index (κ2) is 5.46. The Labute approximate surface area is 98.4 Å². The number of hydrogen-bond acceptors (Lipinski definition) is 2. The van der Waals surface area contributed by atoms with Crippen molar-refractivity contribution in [2.75, 3.05) is 19.6 Å². The molecule has 1 aliphatic rings. The second-order valence-electron chi connectivity index (χ2n) is 4.75. The fraction of sp³-hybridized carbons (Fsp3) is 0.571. The van der Waals surface area contributed by atoms with Crippen LogP contribution in [0.15, 0.2) is 30.3 Å². The minimum absolute atomic E-state index is 0.505. The first-order valence-electron chi connectivity index (χ1n) is 6.32. The van der Waals surface area contributed by atoms with E-state index in [1.165, 1.54) is 31.5 Å². The Kier molecular flexibility index (Phi) is 3.97. The quantitative estimate of drug-likeness (QED) is 0.839. The molecule has 1 saturated heterocycles. The van der Waals surface area contributed by atoms with Crippen LogP contribution in [0.2, 0.25) is 0 Å². The summed E-state index contributed by atoms with van der Waals surface area (Å²) in [5, 5.41) is 0. The average molecular weight is 218 g/mol. The van der Waals surface area contributed by atoms with Gasteiger partial charge in [0, 0.05) is 12.6 Å². The zero-order valence-electron chi connectivity index (χ0n) is 10.1. The Bertz CT molecular complexity index is 304. The third-order valence-corrected chi connectivity index (χ3v) is 3.75. The van der Waals surface area contributed by atoms with E-state index in [2.05, 4.69) is 42.2 Å². The normalized spacial score (nSPS) is 20.9. The summed E-state index contributed by atoms with van der Waals surface area (Å²) in [4.78, 5) is 2.55. The lowest BCUT2D eigenvalue weighted by Gasteiger charge is -2.31. The summed E-state index contributed by atoms with van der Waals surface area (Å²) in [6, 6.07) is 11.2. The number of nitrogens with two attached hydrogens (primary N) is 1. The van der Waals surface area contributed by atoms with Gasteiger partial charge in [-0.15, -0.1) is 0 Å². The van der Waals surface area contributed by atoms with Crippen molar-refractivity contribution in [2.24, 2.45) is 5.73 Å². The molecule has 0 aromatic heterocycles. The van der Waals surface area contributed by atoms with Crippen LogP contribution in [0.1, 0.15) is 31.2 Å². The van der Waals surface area contributed by atoms with Crippen molar-refractivity contribution in [1.29, 1.82) is 0 Å². The number of rotatable bonds is 4. The fourth-order valence-electron chi connectivity index (χ4n) is 2.72. The third kappa shape index (κ3) is 2.45. The highest BCUT2D eigenvalue weighted by molar-refractivity contribution is 5.20. The first-order valence-corrected chi connectivity index (χ1v) is 6.32. The van der Waals surface area contributed by atoms with Crippen LogP contribution in [0.5, 0.6) is 0 Å². The van der Waals surface area contributed by atoms with Crippen molar-refractivity contribution in [1.82, 2.24) is 4.90 Å². The van der Waals surface area contributed by atoms with Gasteiger partial charge in [-0.05, 0) is 37.4 Å². The second-order valence-corrected chi connectivity index (χ2v) is 4.75. The summed E-state index contributed by atoms with van der Waals surface area (Å²) in [5.41, 5.74) is 7.36. The van der Waals surface area contributed by atoms with Gasteiger partial charge in [0.25, 0.3) is 0 Å². The molecule has 1 aromatic rings. The first-order chi connectivity index (χ1) is 7.83. The maximum Gasteiger partial charge on any atom is 0.0284 e.